The Morgan fingerprint density at radius 1 is 0.570 bits per heavy atom. The molecule has 452 valence electrons. The van der Waals surface area contributed by atoms with Crippen LogP contribution in [0.1, 0.15) is 41.7 Å². The number of hydrogen-bond acceptors (Lipinski definition) is 18. The molecule has 16 N–H and O–H groups in total. The Bertz CT molecular complexity index is 3550. The van der Waals surface area contributed by atoms with Crippen LogP contribution in [0.15, 0.2) is 151 Å². The Morgan fingerprint density at radius 2 is 1.13 bits per heavy atom. The number of nitrogens with zero attached hydrogens (tertiary/aromatic N) is 4. The quantitative estimate of drug-likeness (QED) is 0.0383. The van der Waals surface area contributed by atoms with Gasteiger partial charge in [0.25, 0.3) is 11.5 Å². The number of para-hydroxylation sites is 1. The summed E-state index contributed by atoms with van der Waals surface area (Å²) in [6.45, 7) is 4.67. The molecule has 4 heterocycles. The molecule has 9 amide bonds. The third kappa shape index (κ3) is 24.3. The number of phenols is 2. The van der Waals surface area contributed by atoms with Crippen molar-refractivity contribution in [3.8, 4) is 11.5 Å². The number of pyridine rings is 2. The molecule has 0 radical (unpaired) electrons. The molecule has 0 aliphatic carbocycles. The molecule has 0 aliphatic heterocycles. The number of esters is 2. The molecule has 0 fully saturated rings. The molecule has 4 aromatic heterocycles. The maximum absolute atomic E-state index is 12.2. The second-order valence-electron chi connectivity index (χ2n) is 17.6. The Morgan fingerprint density at radius 3 is 1.72 bits per heavy atom. The van der Waals surface area contributed by atoms with Crippen LogP contribution < -0.4 is 65.2 Å². The second kappa shape index (κ2) is 35.4. The zero-order valence-corrected chi connectivity index (χ0v) is 46.8. The van der Waals surface area contributed by atoms with E-state index in [0.717, 1.165) is 37.8 Å². The number of aromatic hydroxyl groups is 2. The lowest BCUT2D eigenvalue weighted by atomic mass is 10.1. The molecule has 29 heteroatoms. The van der Waals surface area contributed by atoms with Crippen LogP contribution in [0.4, 0.5) is 30.8 Å². The molecule has 0 bridgehead atoms. The molecule has 0 aliphatic rings. The van der Waals surface area contributed by atoms with Gasteiger partial charge in [-0.2, -0.15) is 0 Å². The number of benzene rings is 4. The Labute approximate surface area is 491 Å². The first kappa shape index (κ1) is 65.3. The van der Waals surface area contributed by atoms with Gasteiger partial charge in [0.1, 0.15) is 49.1 Å². The monoisotopic (exact) mass is 1180 g/mol. The highest BCUT2D eigenvalue weighted by Gasteiger charge is 2.11. The van der Waals surface area contributed by atoms with Crippen molar-refractivity contribution >= 4 is 75.4 Å². The third-order valence-corrected chi connectivity index (χ3v) is 11.1. The molecule has 0 unspecified atom stereocenters. The number of nitrogens with two attached hydrogens (primary N) is 2. The highest BCUT2D eigenvalue weighted by molar-refractivity contribution is 5.85. The average Bonchev–Trinajstić information content (AvgIpc) is 2.74. The second-order valence-corrected chi connectivity index (χ2v) is 17.6. The Hall–Kier alpha value is -11.5. The number of carbonyl (C=O) groups is 7. The number of urea groups is 4. The number of H-pyrrole nitrogens is 1. The van der Waals surface area contributed by atoms with Crippen LogP contribution in [0.2, 0.25) is 0 Å². The van der Waals surface area contributed by atoms with Crippen molar-refractivity contribution in [1.29, 1.82) is 0 Å². The van der Waals surface area contributed by atoms with E-state index in [9.17, 15) is 43.5 Å². The van der Waals surface area contributed by atoms with E-state index in [2.05, 4.69) is 72.8 Å². The third-order valence-electron chi connectivity index (χ3n) is 11.1. The first-order valence-electron chi connectivity index (χ1n) is 26.3. The molecule has 8 aromatic rings. The summed E-state index contributed by atoms with van der Waals surface area (Å²) in [4.78, 5) is 112. The van der Waals surface area contributed by atoms with Crippen molar-refractivity contribution in [3.05, 3.63) is 184 Å². The predicted molar refractivity (Wildman–Crippen MR) is 316 cm³/mol. The number of aromatic amines is 1. The minimum atomic E-state index is -0.555. The molecule has 0 saturated carbocycles. The zero-order valence-electron chi connectivity index (χ0n) is 46.8. The molecule has 4 aromatic carbocycles. The summed E-state index contributed by atoms with van der Waals surface area (Å²) in [6.07, 6.45) is 6.28. The summed E-state index contributed by atoms with van der Waals surface area (Å²) in [7, 11) is 0. The largest absolute Gasteiger partial charge is 0.508 e. The smallest absolute Gasteiger partial charge is 0.334 e. The number of anilines is 2. The van der Waals surface area contributed by atoms with E-state index in [-0.39, 0.29) is 69.5 Å². The molecule has 86 heavy (non-hydrogen) atoms. The van der Waals surface area contributed by atoms with Crippen LogP contribution in [0, 0.1) is 0 Å². The minimum Gasteiger partial charge on any atom is -0.508 e. The van der Waals surface area contributed by atoms with Gasteiger partial charge < -0.3 is 73.4 Å². The normalized spacial score (nSPS) is 10.1. The maximum atomic E-state index is 12.2. The van der Waals surface area contributed by atoms with Crippen molar-refractivity contribution in [1.82, 2.24) is 67.3 Å². The van der Waals surface area contributed by atoms with Crippen molar-refractivity contribution < 1.29 is 58.1 Å². The van der Waals surface area contributed by atoms with E-state index in [0.29, 0.717) is 41.3 Å². The minimum absolute atomic E-state index is 0.0620. The van der Waals surface area contributed by atoms with E-state index >= 15 is 0 Å². The summed E-state index contributed by atoms with van der Waals surface area (Å²) in [5.74, 6) is -0.780. The number of amides is 9. The number of phenolic OH excluding ortho intramolecular Hbond substituents is 2. The lowest BCUT2D eigenvalue weighted by molar-refractivity contribution is -0.142. The van der Waals surface area contributed by atoms with E-state index in [4.69, 9.17) is 26.1 Å². The number of fused-ring (bicyclic) bond motifs is 2. The molecule has 0 saturated heterocycles. The van der Waals surface area contributed by atoms with E-state index in [1.165, 1.54) is 24.5 Å². The number of nitrogens with one attached hydrogen (secondary N) is 10. The van der Waals surface area contributed by atoms with Gasteiger partial charge in [-0.15, -0.1) is 0 Å². The molecule has 0 spiro atoms. The van der Waals surface area contributed by atoms with Crippen LogP contribution in [-0.4, -0.2) is 110 Å². The highest BCUT2D eigenvalue weighted by atomic mass is 16.7. The van der Waals surface area contributed by atoms with Gasteiger partial charge in [0, 0.05) is 61.9 Å². The number of ether oxygens (including phenoxy) is 2. The topological polar surface area (TPSA) is 424 Å². The van der Waals surface area contributed by atoms with E-state index in [1.807, 2.05) is 60.8 Å². The fraction of sp³-hybridized carbons (Fsp3) is 0.211. The van der Waals surface area contributed by atoms with Gasteiger partial charge in [0.05, 0.1) is 30.7 Å². The lowest BCUT2D eigenvalue weighted by Gasteiger charge is -2.10. The number of nitrogen functional groups attached to an aromatic ring is 2. The van der Waals surface area contributed by atoms with Crippen LogP contribution in [0.3, 0.4) is 0 Å². The van der Waals surface area contributed by atoms with E-state index in [1.54, 1.807) is 74.8 Å². The first-order valence-corrected chi connectivity index (χ1v) is 26.3. The number of hydrogen-bond donors (Lipinski definition) is 14. The number of rotatable bonds is 20. The van der Waals surface area contributed by atoms with Crippen molar-refractivity contribution in [2.24, 2.45) is 0 Å². The number of hydroxylamine groups is 1. The summed E-state index contributed by atoms with van der Waals surface area (Å²) in [5.41, 5.74) is 20.9. The van der Waals surface area contributed by atoms with Gasteiger partial charge in [-0.1, -0.05) is 60.7 Å². The van der Waals surface area contributed by atoms with Gasteiger partial charge in [-0.05, 0) is 96.1 Å². The van der Waals surface area contributed by atoms with Crippen molar-refractivity contribution in [3.63, 3.8) is 0 Å². The van der Waals surface area contributed by atoms with Gasteiger partial charge in [0.2, 0.25) is 0 Å². The van der Waals surface area contributed by atoms with Crippen molar-refractivity contribution in [2.75, 3.05) is 49.7 Å². The van der Waals surface area contributed by atoms with Crippen LogP contribution in [-0.2, 0) is 61.5 Å². The molecular weight excluding hydrogens is 1120 g/mol. The fourth-order valence-corrected chi connectivity index (χ4v) is 6.90. The SMILES string of the molecule is CCOC(=O)CNC(=O)NCc1ccc(O)cc1O.CCOC(=O)CNC(=O)NCc1ccc2[nH]ccc2c1.Nc1ccc(CNC(=O)NCC(=O)NOCc2ccccc2)cn1.Nc1ccc(CNC(=O)Nn2cnc3ccccc3c2=O)cn1. The summed E-state index contributed by atoms with van der Waals surface area (Å²) in [6, 6.07) is 33.1. The Balaban J connectivity index is 0.000000210. The van der Waals surface area contributed by atoms with Crippen molar-refractivity contribution in [2.45, 2.75) is 46.6 Å². The highest BCUT2D eigenvalue weighted by Crippen LogP contribution is 2.22. The summed E-state index contributed by atoms with van der Waals surface area (Å²) < 4.78 is 10.4. The average molecular weight is 1180 g/mol. The van der Waals surface area contributed by atoms with Crippen LogP contribution >= 0.6 is 0 Å². The van der Waals surface area contributed by atoms with Gasteiger partial charge in [0.15, 0.2) is 0 Å². The van der Waals surface area contributed by atoms with Crippen LogP contribution in [0.5, 0.6) is 11.5 Å². The number of carbonyl (C=O) groups excluding carboxylic acids is 7. The number of aromatic nitrogens is 5. The van der Waals surface area contributed by atoms with Gasteiger partial charge >= 0.3 is 36.1 Å². The van der Waals surface area contributed by atoms with Gasteiger partial charge in [-0.25, -0.2) is 49.7 Å². The fourth-order valence-electron chi connectivity index (χ4n) is 6.90. The zero-order chi connectivity index (χ0) is 62.1. The van der Waals surface area contributed by atoms with Crippen LogP contribution in [0.25, 0.3) is 21.8 Å². The standard InChI is InChI=1S/C16H19N5O3.C15H14N6O2.C14H17N3O3.C12H16N2O5/c17-14-7-6-13(8-18-14)9-19-16(23)20-10-15(22)21-24-11-12-4-2-1-3-5-12;16-13-6-5-10(7-17-13)8-18-15(23)20-21-9-19-12-4-2-1-3-11(12)14(21)22;1-2-20-13(18)9-17-14(19)16-8-10-3-4-12-11(7-10)5-6-15-12;1-2-19-11(17)7-14-12(18)13-6-8-3-4-9(15)5-10(8)16/h1-8H,9-11H2,(H2,17,18)(H,21,22)(H2,19,20,23);1-7,9H,8H2,(H2,16,17)(H2,18,20,23);3-7,15H,2,8-9H2,1H3,(H2,16,17,19);3-5,15-16H,2,6-7H2,1H3,(H2,13,14,18). The van der Waals surface area contributed by atoms with E-state index < -0.39 is 42.0 Å². The first-order chi connectivity index (χ1) is 41.5. The summed E-state index contributed by atoms with van der Waals surface area (Å²) >= 11 is 0. The molecule has 8 rings (SSSR count). The Kier molecular flexibility index (Phi) is 26.9. The predicted octanol–water partition coefficient (Wildman–Crippen LogP) is 3.53. The van der Waals surface area contributed by atoms with Gasteiger partial charge in [-0.3, -0.25) is 24.0 Å². The maximum Gasteiger partial charge on any atom is 0.334 e. The molecule has 0 atom stereocenters. The lowest BCUT2D eigenvalue weighted by Crippen LogP contribution is -2.41. The molecule has 29 nitrogen and oxygen atoms in total. The molecular formula is C57H66N16O13. The summed E-state index contributed by atoms with van der Waals surface area (Å²) in [5, 5.41) is 37.7.